The molecule has 2 rings (SSSR count). The van der Waals surface area contributed by atoms with Crippen molar-refractivity contribution in [2.45, 2.75) is 0 Å². The van der Waals surface area contributed by atoms with E-state index in [-0.39, 0.29) is 13.2 Å². The van der Waals surface area contributed by atoms with Gasteiger partial charge < -0.3 is 14.8 Å². The molecule has 0 saturated carbocycles. The lowest BCUT2D eigenvalue weighted by atomic mass is 10.2. The first-order valence-electron chi connectivity index (χ1n) is 7.13. The predicted octanol–water partition coefficient (Wildman–Crippen LogP) is 2.32. The molecule has 24 heavy (non-hydrogen) atoms. The van der Waals surface area contributed by atoms with E-state index in [9.17, 15) is 18.4 Å². The highest BCUT2D eigenvalue weighted by atomic mass is 19.1. The van der Waals surface area contributed by atoms with Crippen molar-refractivity contribution < 1.29 is 27.8 Å². The molecule has 7 heteroatoms. The van der Waals surface area contributed by atoms with Crippen LogP contribution in [0.4, 0.5) is 8.78 Å². The third-order valence-corrected chi connectivity index (χ3v) is 2.94. The van der Waals surface area contributed by atoms with Gasteiger partial charge in [0, 0.05) is 0 Å². The number of halogens is 2. The van der Waals surface area contributed by atoms with Gasteiger partial charge in [-0.3, -0.25) is 4.79 Å². The van der Waals surface area contributed by atoms with Crippen molar-refractivity contribution in [2.75, 3.05) is 19.8 Å². The van der Waals surface area contributed by atoms with Gasteiger partial charge in [-0.2, -0.15) is 0 Å². The Morgan fingerprint density at radius 2 is 1.62 bits per heavy atom. The number of ether oxygens (including phenoxy) is 2. The molecule has 2 aromatic carbocycles. The molecule has 1 N–H and O–H groups in total. The van der Waals surface area contributed by atoms with Crippen molar-refractivity contribution in [3.8, 4) is 5.75 Å². The average Bonchev–Trinajstić information content (AvgIpc) is 2.57. The van der Waals surface area contributed by atoms with Gasteiger partial charge in [-0.25, -0.2) is 13.6 Å². The van der Waals surface area contributed by atoms with Crippen LogP contribution in [0, 0.1) is 11.6 Å². The largest absolute Gasteiger partial charge is 0.492 e. The van der Waals surface area contributed by atoms with E-state index in [0.29, 0.717) is 5.75 Å². The minimum absolute atomic E-state index is 0.194. The predicted molar refractivity (Wildman–Crippen MR) is 81.6 cm³/mol. The van der Waals surface area contributed by atoms with Crippen LogP contribution in [0.2, 0.25) is 0 Å². The molecule has 0 aromatic heterocycles. The Balaban J connectivity index is 1.70. The quantitative estimate of drug-likeness (QED) is 0.623. The minimum Gasteiger partial charge on any atom is -0.492 e. The van der Waals surface area contributed by atoms with Crippen molar-refractivity contribution in [1.82, 2.24) is 5.32 Å². The SMILES string of the molecule is O=C(COC(=O)c1c(F)cccc1F)NCCOc1ccccc1. The molecule has 0 spiro atoms. The fourth-order valence-electron chi connectivity index (χ4n) is 1.82. The van der Waals surface area contributed by atoms with Gasteiger partial charge in [0.2, 0.25) is 0 Å². The highest BCUT2D eigenvalue weighted by molar-refractivity contribution is 5.91. The molecule has 0 atom stereocenters. The number of hydrogen-bond donors (Lipinski definition) is 1. The van der Waals surface area contributed by atoms with E-state index in [0.717, 1.165) is 18.2 Å². The number of esters is 1. The summed E-state index contributed by atoms with van der Waals surface area (Å²) in [6.07, 6.45) is 0. The number of rotatable bonds is 7. The summed E-state index contributed by atoms with van der Waals surface area (Å²) in [4.78, 5) is 23.1. The second-order valence-electron chi connectivity index (χ2n) is 4.68. The van der Waals surface area contributed by atoms with Crippen molar-refractivity contribution in [3.05, 3.63) is 65.7 Å². The van der Waals surface area contributed by atoms with E-state index in [2.05, 4.69) is 10.1 Å². The van der Waals surface area contributed by atoms with Gasteiger partial charge in [0.1, 0.15) is 29.6 Å². The van der Waals surface area contributed by atoms with E-state index in [1.54, 1.807) is 12.1 Å². The number of hydrogen-bond acceptors (Lipinski definition) is 4. The summed E-state index contributed by atoms with van der Waals surface area (Å²) < 4.78 is 36.7. The number of carbonyl (C=O) groups is 2. The smallest absolute Gasteiger partial charge is 0.344 e. The number of carbonyl (C=O) groups excluding carboxylic acids is 2. The van der Waals surface area contributed by atoms with Crippen LogP contribution >= 0.6 is 0 Å². The maximum atomic E-state index is 13.4. The lowest BCUT2D eigenvalue weighted by molar-refractivity contribution is -0.124. The van der Waals surface area contributed by atoms with Crippen LogP contribution in [0.15, 0.2) is 48.5 Å². The highest BCUT2D eigenvalue weighted by Crippen LogP contribution is 2.13. The first-order valence-corrected chi connectivity index (χ1v) is 7.13. The van der Waals surface area contributed by atoms with E-state index >= 15 is 0 Å². The van der Waals surface area contributed by atoms with Crippen molar-refractivity contribution in [1.29, 1.82) is 0 Å². The summed E-state index contributed by atoms with van der Waals surface area (Å²) in [6.45, 7) is -0.219. The van der Waals surface area contributed by atoms with Crippen molar-refractivity contribution >= 4 is 11.9 Å². The van der Waals surface area contributed by atoms with Gasteiger partial charge in [0.15, 0.2) is 6.61 Å². The van der Waals surface area contributed by atoms with Crippen LogP contribution < -0.4 is 10.1 Å². The van der Waals surface area contributed by atoms with E-state index in [1.165, 1.54) is 0 Å². The Bertz CT molecular complexity index is 687. The lowest BCUT2D eigenvalue weighted by Crippen LogP contribution is -2.32. The summed E-state index contributed by atoms with van der Waals surface area (Å²) in [6, 6.07) is 12.0. The zero-order chi connectivity index (χ0) is 17.4. The van der Waals surface area contributed by atoms with Crippen LogP contribution in [0.1, 0.15) is 10.4 Å². The summed E-state index contributed by atoms with van der Waals surface area (Å²) in [5, 5.41) is 2.46. The molecule has 1 amide bonds. The lowest BCUT2D eigenvalue weighted by Gasteiger charge is -2.09. The monoisotopic (exact) mass is 335 g/mol. The number of para-hydroxylation sites is 1. The summed E-state index contributed by atoms with van der Waals surface area (Å²) in [5.41, 5.74) is -0.822. The van der Waals surface area contributed by atoms with Crippen molar-refractivity contribution in [3.63, 3.8) is 0 Å². The standard InChI is InChI=1S/C17H15F2NO4/c18-13-7-4-8-14(19)16(13)17(22)24-11-15(21)20-9-10-23-12-5-2-1-3-6-12/h1-8H,9-11H2,(H,20,21). The molecule has 2 aromatic rings. The summed E-state index contributed by atoms with van der Waals surface area (Å²) in [5.74, 6) is -3.26. The fourth-order valence-corrected chi connectivity index (χ4v) is 1.82. The second kappa shape index (κ2) is 8.61. The molecule has 5 nitrogen and oxygen atoms in total. The first kappa shape index (κ1) is 17.4. The molecular formula is C17H15F2NO4. The third-order valence-electron chi connectivity index (χ3n) is 2.94. The molecule has 0 saturated heterocycles. The topological polar surface area (TPSA) is 64.6 Å². The molecule has 126 valence electrons. The molecule has 0 fully saturated rings. The van der Waals surface area contributed by atoms with E-state index in [4.69, 9.17) is 4.74 Å². The zero-order valence-corrected chi connectivity index (χ0v) is 12.6. The molecule has 0 aliphatic heterocycles. The maximum absolute atomic E-state index is 13.4. The van der Waals surface area contributed by atoms with E-state index in [1.807, 2.05) is 18.2 Å². The maximum Gasteiger partial charge on any atom is 0.344 e. The molecule has 0 heterocycles. The Morgan fingerprint density at radius 1 is 0.958 bits per heavy atom. The van der Waals surface area contributed by atoms with Gasteiger partial charge in [0.05, 0.1) is 6.54 Å². The molecule has 0 bridgehead atoms. The minimum atomic E-state index is -1.23. The first-order chi connectivity index (χ1) is 11.6. The number of benzene rings is 2. The second-order valence-corrected chi connectivity index (χ2v) is 4.68. The molecular weight excluding hydrogens is 320 g/mol. The average molecular weight is 335 g/mol. The van der Waals surface area contributed by atoms with Gasteiger partial charge >= 0.3 is 5.97 Å². The van der Waals surface area contributed by atoms with Crippen LogP contribution in [0.5, 0.6) is 5.75 Å². The Morgan fingerprint density at radius 3 is 2.29 bits per heavy atom. The van der Waals surface area contributed by atoms with Crippen LogP contribution in [-0.2, 0) is 9.53 Å². The Hall–Kier alpha value is -2.96. The molecule has 0 radical (unpaired) electrons. The third kappa shape index (κ3) is 5.05. The Labute approximate surface area is 137 Å². The van der Waals surface area contributed by atoms with Gasteiger partial charge in [-0.1, -0.05) is 24.3 Å². The highest BCUT2D eigenvalue weighted by Gasteiger charge is 2.19. The summed E-state index contributed by atoms with van der Waals surface area (Å²) >= 11 is 0. The number of nitrogens with one attached hydrogen (secondary N) is 1. The normalized spacial score (nSPS) is 10.1. The van der Waals surface area contributed by atoms with E-state index < -0.39 is 35.7 Å². The molecule has 0 aliphatic rings. The van der Waals surface area contributed by atoms with Crippen LogP contribution in [0.25, 0.3) is 0 Å². The van der Waals surface area contributed by atoms with Crippen molar-refractivity contribution in [2.24, 2.45) is 0 Å². The van der Waals surface area contributed by atoms with Gasteiger partial charge in [-0.15, -0.1) is 0 Å². The molecule has 0 aliphatic carbocycles. The Kier molecular flexibility index (Phi) is 6.24. The zero-order valence-electron chi connectivity index (χ0n) is 12.6. The van der Waals surface area contributed by atoms with Crippen LogP contribution in [-0.4, -0.2) is 31.6 Å². The fraction of sp³-hybridized carbons (Fsp3) is 0.176. The summed E-state index contributed by atoms with van der Waals surface area (Å²) in [7, 11) is 0. The molecule has 0 unspecified atom stereocenters. The van der Waals surface area contributed by atoms with Gasteiger partial charge in [-0.05, 0) is 24.3 Å². The van der Waals surface area contributed by atoms with Crippen LogP contribution in [0.3, 0.4) is 0 Å². The number of amides is 1. The van der Waals surface area contributed by atoms with Gasteiger partial charge in [0.25, 0.3) is 5.91 Å².